The summed E-state index contributed by atoms with van der Waals surface area (Å²) in [4.78, 5) is 10.2. The Balaban J connectivity index is 2.74. The first-order valence-corrected chi connectivity index (χ1v) is 3.86. The largest absolute Gasteiger partial charge is 0.479 e. The van der Waals surface area contributed by atoms with Crippen LogP contribution in [0.1, 0.15) is 11.3 Å². The summed E-state index contributed by atoms with van der Waals surface area (Å²) in [6, 6.07) is 0. The van der Waals surface area contributed by atoms with E-state index in [0.29, 0.717) is 11.3 Å². The maximum atomic E-state index is 12.8. The van der Waals surface area contributed by atoms with E-state index in [2.05, 4.69) is 5.10 Å². The molecule has 0 radical (unpaired) electrons. The minimum Gasteiger partial charge on any atom is -0.479 e. The quantitative estimate of drug-likeness (QED) is 0.755. The summed E-state index contributed by atoms with van der Waals surface area (Å²) in [5.41, 5.74) is 1.31. The van der Waals surface area contributed by atoms with Gasteiger partial charge in [-0.15, -0.1) is 0 Å². The summed E-state index contributed by atoms with van der Waals surface area (Å²) in [6.45, 7) is 1.73. The fourth-order valence-corrected chi connectivity index (χ4v) is 1.13. The smallest absolute Gasteiger partial charge is 0.338 e. The second kappa shape index (κ2) is 3.55. The number of aromatic nitrogens is 2. The number of aryl methyl sites for hydroxylation is 2. The van der Waals surface area contributed by atoms with Crippen LogP contribution in [-0.2, 0) is 18.3 Å². The first kappa shape index (κ1) is 9.70. The lowest BCUT2D eigenvalue weighted by atomic mass is 10.1. The lowest BCUT2D eigenvalue weighted by molar-refractivity contribution is -0.142. The van der Waals surface area contributed by atoms with Crippen LogP contribution in [0.2, 0.25) is 0 Å². The molecule has 0 aliphatic rings. The molecule has 1 heterocycles. The van der Waals surface area contributed by atoms with Crippen molar-refractivity contribution in [2.45, 2.75) is 19.5 Å². The van der Waals surface area contributed by atoms with Gasteiger partial charge in [-0.1, -0.05) is 0 Å². The van der Waals surface area contributed by atoms with Crippen molar-refractivity contribution in [3.05, 3.63) is 17.5 Å². The SMILES string of the molecule is Cc1nn(C)cc1CC(F)C(=O)O. The van der Waals surface area contributed by atoms with Crippen LogP contribution < -0.4 is 0 Å². The molecule has 0 amide bonds. The van der Waals surface area contributed by atoms with Crippen molar-refractivity contribution in [3.63, 3.8) is 0 Å². The number of alkyl halides is 1. The monoisotopic (exact) mass is 186 g/mol. The first-order chi connectivity index (χ1) is 6.00. The van der Waals surface area contributed by atoms with E-state index >= 15 is 0 Å². The number of hydrogen-bond acceptors (Lipinski definition) is 2. The Morgan fingerprint density at radius 1 is 1.85 bits per heavy atom. The summed E-state index contributed by atoms with van der Waals surface area (Å²) < 4.78 is 14.3. The minimum atomic E-state index is -1.84. The van der Waals surface area contributed by atoms with Crippen molar-refractivity contribution in [1.82, 2.24) is 9.78 Å². The summed E-state index contributed by atoms with van der Waals surface area (Å²) in [6.07, 6.45) is -0.331. The lowest BCUT2D eigenvalue weighted by Gasteiger charge is -2.00. The Hall–Kier alpha value is -1.39. The third kappa shape index (κ3) is 2.27. The van der Waals surface area contributed by atoms with Gasteiger partial charge in [0, 0.05) is 19.7 Å². The second-order valence-corrected chi connectivity index (χ2v) is 2.92. The molecule has 4 nitrogen and oxygen atoms in total. The summed E-state index contributed by atoms with van der Waals surface area (Å²) >= 11 is 0. The van der Waals surface area contributed by atoms with Crippen LogP contribution in [0.4, 0.5) is 4.39 Å². The van der Waals surface area contributed by atoms with Gasteiger partial charge in [-0.05, 0) is 12.5 Å². The maximum Gasteiger partial charge on any atom is 0.338 e. The van der Waals surface area contributed by atoms with Gasteiger partial charge in [0.05, 0.1) is 5.69 Å². The average molecular weight is 186 g/mol. The molecule has 1 unspecified atom stereocenters. The number of nitrogens with zero attached hydrogens (tertiary/aromatic N) is 2. The highest BCUT2D eigenvalue weighted by molar-refractivity contribution is 5.72. The highest BCUT2D eigenvalue weighted by atomic mass is 19.1. The van der Waals surface area contributed by atoms with Crippen LogP contribution in [-0.4, -0.2) is 27.0 Å². The van der Waals surface area contributed by atoms with Gasteiger partial charge in [-0.25, -0.2) is 9.18 Å². The van der Waals surface area contributed by atoms with E-state index in [0.717, 1.165) is 0 Å². The fourth-order valence-electron chi connectivity index (χ4n) is 1.13. The molecule has 0 aliphatic heterocycles. The third-order valence-electron chi connectivity index (χ3n) is 1.78. The van der Waals surface area contributed by atoms with Crippen LogP contribution in [0.15, 0.2) is 6.20 Å². The predicted octanol–water partition coefficient (Wildman–Crippen LogP) is 0.694. The molecule has 0 saturated carbocycles. The Morgan fingerprint density at radius 2 is 2.46 bits per heavy atom. The highest BCUT2D eigenvalue weighted by Gasteiger charge is 2.18. The first-order valence-electron chi connectivity index (χ1n) is 3.86. The van der Waals surface area contributed by atoms with E-state index < -0.39 is 12.1 Å². The molecule has 1 aromatic rings. The number of carbonyl (C=O) groups is 1. The molecule has 0 spiro atoms. The van der Waals surface area contributed by atoms with Gasteiger partial charge < -0.3 is 5.11 Å². The van der Waals surface area contributed by atoms with Crippen LogP contribution in [0.5, 0.6) is 0 Å². The van der Waals surface area contributed by atoms with Gasteiger partial charge in [0.15, 0.2) is 0 Å². The molecular weight excluding hydrogens is 175 g/mol. The number of rotatable bonds is 3. The molecule has 0 bridgehead atoms. The van der Waals surface area contributed by atoms with Crippen molar-refractivity contribution >= 4 is 5.97 Å². The van der Waals surface area contributed by atoms with Crippen molar-refractivity contribution in [3.8, 4) is 0 Å². The van der Waals surface area contributed by atoms with Gasteiger partial charge in [0.2, 0.25) is 6.17 Å². The van der Waals surface area contributed by atoms with E-state index in [-0.39, 0.29) is 6.42 Å². The van der Waals surface area contributed by atoms with Gasteiger partial charge in [-0.2, -0.15) is 5.10 Å². The van der Waals surface area contributed by atoms with E-state index in [1.807, 2.05) is 0 Å². The average Bonchev–Trinajstić information content (AvgIpc) is 2.30. The molecule has 1 aromatic heterocycles. The zero-order valence-corrected chi connectivity index (χ0v) is 7.49. The zero-order chi connectivity index (χ0) is 10.0. The lowest BCUT2D eigenvalue weighted by Crippen LogP contribution is -2.17. The molecule has 0 saturated heterocycles. The van der Waals surface area contributed by atoms with Crippen LogP contribution in [0.25, 0.3) is 0 Å². The number of halogens is 1. The van der Waals surface area contributed by atoms with Gasteiger partial charge in [0.1, 0.15) is 0 Å². The predicted molar refractivity (Wildman–Crippen MR) is 44.2 cm³/mol. The van der Waals surface area contributed by atoms with Crippen LogP contribution in [0, 0.1) is 6.92 Å². The molecule has 0 aliphatic carbocycles. The van der Waals surface area contributed by atoms with E-state index in [1.54, 1.807) is 24.9 Å². The summed E-state index contributed by atoms with van der Waals surface area (Å²) in [5, 5.41) is 12.3. The van der Waals surface area contributed by atoms with Crippen LogP contribution in [0.3, 0.4) is 0 Å². The van der Waals surface area contributed by atoms with Crippen molar-refractivity contribution in [2.24, 2.45) is 7.05 Å². The Morgan fingerprint density at radius 3 is 2.85 bits per heavy atom. The highest BCUT2D eigenvalue weighted by Crippen LogP contribution is 2.09. The molecule has 1 N–H and O–H groups in total. The van der Waals surface area contributed by atoms with Gasteiger partial charge in [0.25, 0.3) is 0 Å². The van der Waals surface area contributed by atoms with E-state index in [1.165, 1.54) is 0 Å². The fraction of sp³-hybridized carbons (Fsp3) is 0.500. The number of hydrogen-bond donors (Lipinski definition) is 1. The van der Waals surface area contributed by atoms with Crippen molar-refractivity contribution in [1.29, 1.82) is 0 Å². The number of carboxylic acid groups (broad SMARTS) is 1. The molecular formula is C8H11FN2O2. The normalized spacial score (nSPS) is 12.8. The van der Waals surface area contributed by atoms with E-state index in [9.17, 15) is 9.18 Å². The standard InChI is InChI=1S/C8H11FN2O2/c1-5-6(4-11(2)10-5)3-7(9)8(12)13/h4,7H,3H2,1-2H3,(H,12,13). The molecule has 13 heavy (non-hydrogen) atoms. The summed E-state index contributed by atoms with van der Waals surface area (Å²) in [5.74, 6) is -1.43. The second-order valence-electron chi connectivity index (χ2n) is 2.92. The third-order valence-corrected chi connectivity index (χ3v) is 1.78. The zero-order valence-electron chi connectivity index (χ0n) is 7.49. The topological polar surface area (TPSA) is 55.1 Å². The molecule has 1 rings (SSSR count). The van der Waals surface area contributed by atoms with E-state index in [4.69, 9.17) is 5.11 Å². The van der Waals surface area contributed by atoms with Crippen LogP contribution >= 0.6 is 0 Å². The molecule has 1 atom stereocenters. The molecule has 72 valence electrons. The van der Waals surface area contributed by atoms with Crippen molar-refractivity contribution in [2.75, 3.05) is 0 Å². The molecule has 0 aromatic carbocycles. The number of carboxylic acids is 1. The molecule has 0 fully saturated rings. The van der Waals surface area contributed by atoms with Gasteiger partial charge >= 0.3 is 5.97 Å². The Labute approximate surface area is 75.0 Å². The Bertz CT molecular complexity index is 322. The molecule has 5 heteroatoms. The Kier molecular flexibility index (Phi) is 2.65. The van der Waals surface area contributed by atoms with Crippen molar-refractivity contribution < 1.29 is 14.3 Å². The minimum absolute atomic E-state index is 0.116. The maximum absolute atomic E-state index is 12.8. The van der Waals surface area contributed by atoms with Gasteiger partial charge in [-0.3, -0.25) is 4.68 Å². The number of aliphatic carboxylic acids is 1. The summed E-state index contributed by atoms with van der Waals surface area (Å²) in [7, 11) is 1.71.